The average Bonchev–Trinajstić information content (AvgIpc) is 2.27. The molecule has 0 aromatic heterocycles. The van der Waals surface area contributed by atoms with Crippen LogP contribution in [0.2, 0.25) is 10.0 Å². The molecule has 0 saturated carbocycles. The molecule has 2 aromatic carbocycles. The number of benzene rings is 2. The number of carboxylic acid groups (broad SMARTS) is 1. The molecule has 0 aliphatic carbocycles. The Hall–Kier alpha value is -1.51. The maximum atomic E-state index is 10.8. The molecule has 0 radical (unpaired) electrons. The summed E-state index contributed by atoms with van der Waals surface area (Å²) in [4.78, 5) is 10.8. The summed E-state index contributed by atoms with van der Waals surface area (Å²) in [7, 11) is 0. The van der Waals surface area contributed by atoms with Gasteiger partial charge in [0.15, 0.2) is 0 Å². The summed E-state index contributed by atoms with van der Waals surface area (Å²) in [5.74, 6) is -0.865. The van der Waals surface area contributed by atoms with Crippen LogP contribution in [0, 0.1) is 0 Å². The number of rotatable bonds is 3. The number of carboxylic acids is 1. The minimum Gasteiger partial charge on any atom is -0.481 e. The van der Waals surface area contributed by atoms with Crippen molar-refractivity contribution >= 4 is 29.2 Å². The van der Waals surface area contributed by atoms with E-state index in [1.807, 2.05) is 18.2 Å². The predicted octanol–water partition coefficient (Wildman–Crippen LogP) is 4.29. The van der Waals surface area contributed by atoms with E-state index in [1.54, 1.807) is 24.3 Å². The van der Waals surface area contributed by atoms with Crippen molar-refractivity contribution in [3.63, 3.8) is 0 Å². The van der Waals surface area contributed by atoms with Crippen LogP contribution < -0.4 is 0 Å². The lowest BCUT2D eigenvalue weighted by molar-refractivity contribution is -0.136. The Labute approximate surface area is 115 Å². The highest BCUT2D eigenvalue weighted by Gasteiger charge is 2.09. The molecule has 2 nitrogen and oxygen atoms in total. The van der Waals surface area contributed by atoms with E-state index in [9.17, 15) is 4.79 Å². The molecule has 0 aliphatic heterocycles. The van der Waals surface area contributed by atoms with Crippen LogP contribution in [0.3, 0.4) is 0 Å². The minimum atomic E-state index is -0.865. The van der Waals surface area contributed by atoms with E-state index in [0.29, 0.717) is 10.0 Å². The third kappa shape index (κ3) is 3.03. The summed E-state index contributed by atoms with van der Waals surface area (Å²) >= 11 is 11.9. The van der Waals surface area contributed by atoms with Crippen molar-refractivity contribution in [3.8, 4) is 11.1 Å². The SMILES string of the molecule is O=C(O)Cc1ccccc1-c1cc(Cl)cc(Cl)c1. The lowest BCUT2D eigenvalue weighted by atomic mass is 9.98. The van der Waals surface area contributed by atoms with E-state index < -0.39 is 5.97 Å². The Bertz CT molecular complexity index is 574. The van der Waals surface area contributed by atoms with E-state index >= 15 is 0 Å². The molecule has 4 heteroatoms. The van der Waals surface area contributed by atoms with Crippen LogP contribution in [0.4, 0.5) is 0 Å². The minimum absolute atomic E-state index is 0.0275. The molecular weight excluding hydrogens is 271 g/mol. The van der Waals surface area contributed by atoms with Crippen LogP contribution >= 0.6 is 23.2 Å². The Morgan fingerprint density at radius 3 is 2.28 bits per heavy atom. The molecule has 0 heterocycles. The maximum absolute atomic E-state index is 10.8. The van der Waals surface area contributed by atoms with Gasteiger partial charge in [0.05, 0.1) is 6.42 Å². The van der Waals surface area contributed by atoms with E-state index in [2.05, 4.69) is 0 Å². The Balaban J connectivity index is 2.52. The van der Waals surface area contributed by atoms with Crippen molar-refractivity contribution in [1.29, 1.82) is 0 Å². The highest BCUT2D eigenvalue weighted by Crippen LogP contribution is 2.29. The van der Waals surface area contributed by atoms with Crippen LogP contribution in [-0.2, 0) is 11.2 Å². The topological polar surface area (TPSA) is 37.3 Å². The van der Waals surface area contributed by atoms with Crippen molar-refractivity contribution in [2.24, 2.45) is 0 Å². The second-order valence-corrected chi connectivity index (χ2v) is 4.76. The smallest absolute Gasteiger partial charge is 0.307 e. The van der Waals surface area contributed by atoms with Gasteiger partial charge in [-0.1, -0.05) is 47.5 Å². The molecule has 1 N–H and O–H groups in total. The van der Waals surface area contributed by atoms with Crippen LogP contribution in [0.5, 0.6) is 0 Å². The van der Waals surface area contributed by atoms with Crippen LogP contribution in [-0.4, -0.2) is 11.1 Å². The number of hydrogen-bond acceptors (Lipinski definition) is 1. The highest BCUT2D eigenvalue weighted by molar-refractivity contribution is 6.35. The van der Waals surface area contributed by atoms with E-state index in [1.165, 1.54) is 0 Å². The van der Waals surface area contributed by atoms with E-state index in [4.69, 9.17) is 28.3 Å². The molecule has 0 atom stereocenters. The van der Waals surface area contributed by atoms with E-state index in [0.717, 1.165) is 16.7 Å². The quantitative estimate of drug-likeness (QED) is 0.911. The van der Waals surface area contributed by atoms with Crippen molar-refractivity contribution in [1.82, 2.24) is 0 Å². The third-order valence-electron chi connectivity index (χ3n) is 2.53. The number of hydrogen-bond donors (Lipinski definition) is 1. The lowest BCUT2D eigenvalue weighted by Gasteiger charge is -2.08. The second-order valence-electron chi connectivity index (χ2n) is 3.89. The van der Waals surface area contributed by atoms with Gasteiger partial charge in [0.25, 0.3) is 0 Å². The monoisotopic (exact) mass is 280 g/mol. The molecule has 0 aliphatic rings. The molecular formula is C14H10Cl2O2. The van der Waals surface area contributed by atoms with Gasteiger partial charge in [-0.3, -0.25) is 4.79 Å². The van der Waals surface area contributed by atoms with Gasteiger partial charge in [0.2, 0.25) is 0 Å². The molecule has 0 spiro atoms. The summed E-state index contributed by atoms with van der Waals surface area (Å²) in [5, 5.41) is 9.96. The van der Waals surface area contributed by atoms with Gasteiger partial charge in [-0.05, 0) is 34.9 Å². The average molecular weight is 281 g/mol. The van der Waals surface area contributed by atoms with Crippen molar-refractivity contribution in [3.05, 3.63) is 58.1 Å². The molecule has 0 fully saturated rings. The fraction of sp³-hybridized carbons (Fsp3) is 0.0714. The first kappa shape index (κ1) is 12.9. The van der Waals surface area contributed by atoms with Crippen LogP contribution in [0.25, 0.3) is 11.1 Å². The fourth-order valence-electron chi connectivity index (χ4n) is 1.83. The zero-order valence-electron chi connectivity index (χ0n) is 9.36. The van der Waals surface area contributed by atoms with Crippen molar-refractivity contribution < 1.29 is 9.90 Å². The Morgan fingerprint density at radius 1 is 1.06 bits per heavy atom. The molecule has 0 bridgehead atoms. The molecule has 2 aromatic rings. The molecule has 92 valence electrons. The van der Waals surface area contributed by atoms with Gasteiger partial charge in [0, 0.05) is 10.0 Å². The van der Waals surface area contributed by atoms with E-state index in [-0.39, 0.29) is 6.42 Å². The zero-order valence-corrected chi connectivity index (χ0v) is 10.9. The second kappa shape index (κ2) is 5.42. The normalized spacial score (nSPS) is 10.3. The molecule has 0 unspecified atom stereocenters. The first-order valence-corrected chi connectivity index (χ1v) is 6.08. The summed E-state index contributed by atoms with van der Waals surface area (Å²) in [6, 6.07) is 12.5. The molecule has 2 rings (SSSR count). The van der Waals surface area contributed by atoms with Gasteiger partial charge in [0.1, 0.15) is 0 Å². The lowest BCUT2D eigenvalue weighted by Crippen LogP contribution is -2.01. The third-order valence-corrected chi connectivity index (χ3v) is 2.97. The van der Waals surface area contributed by atoms with Gasteiger partial charge in [-0.15, -0.1) is 0 Å². The first-order valence-electron chi connectivity index (χ1n) is 5.32. The molecule has 0 saturated heterocycles. The Morgan fingerprint density at radius 2 is 1.67 bits per heavy atom. The van der Waals surface area contributed by atoms with Crippen LogP contribution in [0.15, 0.2) is 42.5 Å². The first-order chi connectivity index (χ1) is 8.56. The number of carbonyl (C=O) groups is 1. The number of aliphatic carboxylic acids is 1. The zero-order chi connectivity index (χ0) is 13.1. The summed E-state index contributed by atoms with van der Waals surface area (Å²) < 4.78 is 0. The fourth-order valence-corrected chi connectivity index (χ4v) is 2.35. The number of halogens is 2. The standard InChI is InChI=1S/C14H10Cl2O2/c15-11-5-10(6-12(16)8-11)13-4-2-1-3-9(13)7-14(17)18/h1-6,8H,7H2,(H,17,18). The molecule has 18 heavy (non-hydrogen) atoms. The molecule has 0 amide bonds. The van der Waals surface area contributed by atoms with Gasteiger partial charge >= 0.3 is 5.97 Å². The summed E-state index contributed by atoms with van der Waals surface area (Å²) in [5.41, 5.74) is 2.40. The van der Waals surface area contributed by atoms with Gasteiger partial charge in [-0.2, -0.15) is 0 Å². The maximum Gasteiger partial charge on any atom is 0.307 e. The Kier molecular flexibility index (Phi) is 3.90. The predicted molar refractivity (Wildman–Crippen MR) is 73.2 cm³/mol. The summed E-state index contributed by atoms with van der Waals surface area (Å²) in [6.07, 6.45) is -0.0275. The van der Waals surface area contributed by atoms with Crippen LogP contribution in [0.1, 0.15) is 5.56 Å². The van der Waals surface area contributed by atoms with Gasteiger partial charge < -0.3 is 5.11 Å². The van der Waals surface area contributed by atoms with Crippen molar-refractivity contribution in [2.75, 3.05) is 0 Å². The summed E-state index contributed by atoms with van der Waals surface area (Å²) in [6.45, 7) is 0. The largest absolute Gasteiger partial charge is 0.481 e. The highest BCUT2D eigenvalue weighted by atomic mass is 35.5. The van der Waals surface area contributed by atoms with Gasteiger partial charge in [-0.25, -0.2) is 0 Å². The van der Waals surface area contributed by atoms with Crippen molar-refractivity contribution in [2.45, 2.75) is 6.42 Å².